The molecule has 0 atom stereocenters. The Balaban J connectivity index is 1.88. The predicted molar refractivity (Wildman–Crippen MR) is 76.1 cm³/mol. The van der Waals surface area contributed by atoms with E-state index in [1.165, 1.54) is 5.56 Å². The Labute approximate surface area is 114 Å². The van der Waals surface area contributed by atoms with E-state index >= 15 is 0 Å². The van der Waals surface area contributed by atoms with E-state index in [0.29, 0.717) is 12.6 Å². The fraction of sp³-hybridized carbons (Fsp3) is 0.400. The minimum atomic E-state index is 0.471. The first-order valence-electron chi connectivity index (χ1n) is 6.65. The van der Waals surface area contributed by atoms with Gasteiger partial charge in [0, 0.05) is 30.5 Å². The fourth-order valence-electron chi connectivity index (χ4n) is 1.78. The first-order valence-corrected chi connectivity index (χ1v) is 6.65. The van der Waals surface area contributed by atoms with Crippen LogP contribution >= 0.6 is 0 Å². The molecule has 1 heterocycles. The Morgan fingerprint density at radius 2 is 2.16 bits per heavy atom. The van der Waals surface area contributed by atoms with Gasteiger partial charge in [0.25, 0.3) is 0 Å². The zero-order chi connectivity index (χ0) is 13.5. The normalized spacial score (nSPS) is 10.9. The van der Waals surface area contributed by atoms with Gasteiger partial charge in [-0.05, 0) is 6.07 Å². The zero-order valence-corrected chi connectivity index (χ0v) is 11.5. The van der Waals surface area contributed by atoms with Crippen LogP contribution in [0, 0.1) is 0 Å². The van der Waals surface area contributed by atoms with E-state index in [1.54, 1.807) is 12.5 Å². The molecular weight excluding hydrogens is 238 g/mol. The Bertz CT molecular complexity index is 480. The highest BCUT2D eigenvalue weighted by molar-refractivity contribution is 5.33. The lowest BCUT2D eigenvalue weighted by Gasteiger charge is -2.13. The van der Waals surface area contributed by atoms with E-state index < -0.39 is 0 Å². The number of ether oxygens (including phenoxy) is 1. The zero-order valence-electron chi connectivity index (χ0n) is 11.5. The van der Waals surface area contributed by atoms with E-state index in [0.717, 1.165) is 18.8 Å². The monoisotopic (exact) mass is 259 g/mol. The number of rotatable bonds is 7. The van der Waals surface area contributed by atoms with Crippen molar-refractivity contribution in [2.24, 2.45) is 0 Å². The van der Waals surface area contributed by atoms with Crippen molar-refractivity contribution in [3.8, 4) is 5.75 Å². The predicted octanol–water partition coefficient (Wildman–Crippen LogP) is 2.46. The quantitative estimate of drug-likeness (QED) is 0.830. The number of hydrogen-bond acceptors (Lipinski definition) is 3. The molecule has 0 saturated heterocycles. The largest absolute Gasteiger partial charge is 0.491 e. The molecule has 0 amide bonds. The molecule has 0 aliphatic rings. The molecule has 2 aromatic rings. The molecule has 2 rings (SSSR count). The van der Waals surface area contributed by atoms with Gasteiger partial charge in [-0.25, -0.2) is 4.98 Å². The molecule has 0 spiro atoms. The maximum Gasteiger partial charge on any atom is 0.123 e. The Morgan fingerprint density at radius 3 is 2.89 bits per heavy atom. The summed E-state index contributed by atoms with van der Waals surface area (Å²) in [5.74, 6) is 0.954. The standard InChI is InChI=1S/C15H21N3O/c1-13(2)17-11-14-5-3-4-6-15(14)19-10-9-18-8-7-16-12-18/h3-8,12-13,17H,9-11H2,1-2H3. The van der Waals surface area contributed by atoms with E-state index in [9.17, 15) is 0 Å². The minimum Gasteiger partial charge on any atom is -0.491 e. The van der Waals surface area contributed by atoms with Gasteiger partial charge in [0.05, 0.1) is 12.9 Å². The second-order valence-corrected chi connectivity index (χ2v) is 4.79. The molecule has 1 aromatic heterocycles. The number of hydrogen-bond donors (Lipinski definition) is 1. The molecule has 4 nitrogen and oxygen atoms in total. The minimum absolute atomic E-state index is 0.471. The van der Waals surface area contributed by atoms with Crippen molar-refractivity contribution >= 4 is 0 Å². The number of nitrogens with one attached hydrogen (secondary N) is 1. The molecule has 0 fully saturated rings. The van der Waals surface area contributed by atoms with Crippen molar-refractivity contribution in [2.45, 2.75) is 33.0 Å². The van der Waals surface area contributed by atoms with Crippen molar-refractivity contribution in [1.29, 1.82) is 0 Å². The number of imidazole rings is 1. The number of para-hydroxylation sites is 1. The first-order chi connectivity index (χ1) is 9.25. The lowest BCUT2D eigenvalue weighted by Crippen LogP contribution is -2.22. The van der Waals surface area contributed by atoms with E-state index in [-0.39, 0.29) is 0 Å². The molecule has 0 bridgehead atoms. The van der Waals surface area contributed by atoms with Crippen LogP contribution < -0.4 is 10.1 Å². The third kappa shape index (κ3) is 4.41. The fourth-order valence-corrected chi connectivity index (χ4v) is 1.78. The second-order valence-electron chi connectivity index (χ2n) is 4.79. The molecule has 0 aliphatic carbocycles. The van der Waals surface area contributed by atoms with Crippen LogP contribution in [0.25, 0.3) is 0 Å². The van der Waals surface area contributed by atoms with Gasteiger partial charge >= 0.3 is 0 Å². The van der Waals surface area contributed by atoms with Crippen molar-refractivity contribution in [3.05, 3.63) is 48.5 Å². The smallest absolute Gasteiger partial charge is 0.123 e. The average molecular weight is 259 g/mol. The highest BCUT2D eigenvalue weighted by Crippen LogP contribution is 2.17. The molecular formula is C15H21N3O. The summed E-state index contributed by atoms with van der Waals surface area (Å²) in [6.45, 7) is 6.57. The lowest BCUT2D eigenvalue weighted by molar-refractivity contribution is 0.294. The Hall–Kier alpha value is -1.81. The maximum absolute atomic E-state index is 5.85. The van der Waals surface area contributed by atoms with Gasteiger partial charge in [0.15, 0.2) is 0 Å². The first kappa shape index (κ1) is 13.6. The van der Waals surface area contributed by atoms with Gasteiger partial charge in [-0.15, -0.1) is 0 Å². The maximum atomic E-state index is 5.85. The van der Waals surface area contributed by atoms with Crippen molar-refractivity contribution < 1.29 is 4.74 Å². The summed E-state index contributed by atoms with van der Waals surface area (Å²) in [4.78, 5) is 4.01. The molecule has 0 unspecified atom stereocenters. The number of aromatic nitrogens is 2. The molecule has 19 heavy (non-hydrogen) atoms. The Morgan fingerprint density at radius 1 is 1.32 bits per heavy atom. The van der Waals surface area contributed by atoms with Gasteiger partial charge < -0.3 is 14.6 Å². The molecule has 1 N–H and O–H groups in total. The van der Waals surface area contributed by atoms with Crippen molar-refractivity contribution in [3.63, 3.8) is 0 Å². The summed E-state index contributed by atoms with van der Waals surface area (Å²) < 4.78 is 7.86. The van der Waals surface area contributed by atoms with Crippen LogP contribution in [0.2, 0.25) is 0 Å². The summed E-state index contributed by atoms with van der Waals surface area (Å²) in [5.41, 5.74) is 1.20. The molecule has 4 heteroatoms. The SMILES string of the molecule is CC(C)NCc1ccccc1OCCn1ccnc1. The van der Waals surface area contributed by atoms with E-state index in [2.05, 4.69) is 30.2 Å². The third-order valence-electron chi connectivity index (χ3n) is 2.84. The van der Waals surface area contributed by atoms with E-state index in [1.807, 2.05) is 29.0 Å². The molecule has 0 saturated carbocycles. The highest BCUT2D eigenvalue weighted by atomic mass is 16.5. The number of benzene rings is 1. The van der Waals surface area contributed by atoms with Gasteiger partial charge in [-0.3, -0.25) is 0 Å². The topological polar surface area (TPSA) is 39.1 Å². The van der Waals surface area contributed by atoms with Gasteiger partial charge in [0.2, 0.25) is 0 Å². The van der Waals surface area contributed by atoms with Gasteiger partial charge in [0.1, 0.15) is 12.4 Å². The molecule has 0 aliphatic heterocycles. The average Bonchev–Trinajstić information content (AvgIpc) is 2.91. The summed E-state index contributed by atoms with van der Waals surface area (Å²) in [6.07, 6.45) is 5.52. The van der Waals surface area contributed by atoms with Crippen LogP contribution in [0.1, 0.15) is 19.4 Å². The summed E-state index contributed by atoms with van der Waals surface area (Å²) in [5, 5.41) is 3.41. The van der Waals surface area contributed by atoms with Crippen molar-refractivity contribution in [1.82, 2.24) is 14.9 Å². The molecule has 0 radical (unpaired) electrons. The molecule has 102 valence electrons. The van der Waals surface area contributed by atoms with Crippen LogP contribution in [0.3, 0.4) is 0 Å². The van der Waals surface area contributed by atoms with Crippen LogP contribution in [0.4, 0.5) is 0 Å². The van der Waals surface area contributed by atoms with Crippen molar-refractivity contribution in [2.75, 3.05) is 6.61 Å². The van der Waals surface area contributed by atoms with Crippen LogP contribution in [-0.2, 0) is 13.1 Å². The second kappa shape index (κ2) is 6.95. The van der Waals surface area contributed by atoms with Crippen LogP contribution in [0.15, 0.2) is 43.0 Å². The summed E-state index contributed by atoms with van der Waals surface area (Å²) in [7, 11) is 0. The highest BCUT2D eigenvalue weighted by Gasteiger charge is 2.03. The van der Waals surface area contributed by atoms with E-state index in [4.69, 9.17) is 4.74 Å². The van der Waals surface area contributed by atoms with Crippen LogP contribution in [0.5, 0.6) is 5.75 Å². The number of nitrogens with zero attached hydrogens (tertiary/aromatic N) is 2. The molecule has 1 aromatic carbocycles. The van der Waals surface area contributed by atoms with Gasteiger partial charge in [-0.1, -0.05) is 32.0 Å². The van der Waals surface area contributed by atoms with Gasteiger partial charge in [-0.2, -0.15) is 0 Å². The summed E-state index contributed by atoms with van der Waals surface area (Å²) in [6, 6.07) is 8.64. The lowest BCUT2D eigenvalue weighted by atomic mass is 10.2. The Kier molecular flexibility index (Phi) is 4.98. The summed E-state index contributed by atoms with van der Waals surface area (Å²) >= 11 is 0. The third-order valence-corrected chi connectivity index (χ3v) is 2.84. The van der Waals surface area contributed by atoms with Crippen LogP contribution in [-0.4, -0.2) is 22.2 Å².